The van der Waals surface area contributed by atoms with Crippen LogP contribution in [0.3, 0.4) is 0 Å². The molecule has 0 heterocycles. The minimum atomic E-state index is -0.316. The third kappa shape index (κ3) is 2.95. The Bertz CT molecular complexity index is 586. The zero-order valence-corrected chi connectivity index (χ0v) is 11.6. The predicted molar refractivity (Wildman–Crippen MR) is 79.1 cm³/mol. The normalized spacial score (nSPS) is 11.7. The Morgan fingerprint density at radius 2 is 1.53 bits per heavy atom. The molecule has 2 nitrogen and oxygen atoms in total. The average molecular weight is 250 g/mol. The SMILES string of the molecule is Cc1ccc(NC(C#N)c2c(C)cccc2C)cc1. The molecule has 0 bridgehead atoms. The van der Waals surface area contributed by atoms with Gasteiger partial charge < -0.3 is 5.32 Å². The van der Waals surface area contributed by atoms with E-state index in [9.17, 15) is 5.26 Å². The average Bonchev–Trinajstić information content (AvgIpc) is 2.39. The minimum Gasteiger partial charge on any atom is -0.366 e. The summed E-state index contributed by atoms with van der Waals surface area (Å²) in [7, 11) is 0. The Morgan fingerprint density at radius 1 is 0.947 bits per heavy atom. The van der Waals surface area contributed by atoms with Crippen LogP contribution < -0.4 is 5.32 Å². The number of anilines is 1. The number of hydrogen-bond acceptors (Lipinski definition) is 2. The largest absolute Gasteiger partial charge is 0.366 e. The number of nitrogens with one attached hydrogen (secondary N) is 1. The van der Waals surface area contributed by atoms with E-state index >= 15 is 0 Å². The number of nitriles is 1. The molecule has 0 aliphatic carbocycles. The second kappa shape index (κ2) is 5.58. The van der Waals surface area contributed by atoms with Crippen LogP contribution >= 0.6 is 0 Å². The Kier molecular flexibility index (Phi) is 3.87. The van der Waals surface area contributed by atoms with Gasteiger partial charge in [0.05, 0.1) is 6.07 Å². The van der Waals surface area contributed by atoms with E-state index in [4.69, 9.17) is 0 Å². The van der Waals surface area contributed by atoms with Gasteiger partial charge in [0.1, 0.15) is 6.04 Å². The van der Waals surface area contributed by atoms with Crippen molar-refractivity contribution in [2.75, 3.05) is 5.32 Å². The molecule has 2 rings (SSSR count). The Labute approximate surface area is 114 Å². The van der Waals surface area contributed by atoms with E-state index in [1.165, 1.54) is 5.56 Å². The van der Waals surface area contributed by atoms with Crippen LogP contribution in [-0.4, -0.2) is 0 Å². The molecule has 1 unspecified atom stereocenters. The van der Waals surface area contributed by atoms with Gasteiger partial charge in [-0.2, -0.15) is 5.26 Å². The van der Waals surface area contributed by atoms with E-state index in [0.29, 0.717) is 0 Å². The number of nitrogens with zero attached hydrogens (tertiary/aromatic N) is 1. The maximum absolute atomic E-state index is 9.43. The zero-order chi connectivity index (χ0) is 13.8. The molecule has 0 spiro atoms. The number of benzene rings is 2. The molecular formula is C17H18N2. The molecule has 19 heavy (non-hydrogen) atoms. The summed E-state index contributed by atoms with van der Waals surface area (Å²) in [6.07, 6.45) is 0. The molecule has 0 saturated carbocycles. The highest BCUT2D eigenvalue weighted by Crippen LogP contribution is 2.25. The lowest BCUT2D eigenvalue weighted by Crippen LogP contribution is -2.11. The van der Waals surface area contributed by atoms with Crippen molar-refractivity contribution in [2.24, 2.45) is 0 Å². The van der Waals surface area contributed by atoms with Crippen molar-refractivity contribution in [1.82, 2.24) is 0 Å². The van der Waals surface area contributed by atoms with Crippen LogP contribution in [0.25, 0.3) is 0 Å². The molecule has 1 atom stereocenters. The second-order valence-electron chi connectivity index (χ2n) is 4.88. The number of aryl methyl sites for hydroxylation is 3. The van der Waals surface area contributed by atoms with Crippen molar-refractivity contribution in [1.29, 1.82) is 5.26 Å². The van der Waals surface area contributed by atoms with Gasteiger partial charge in [0.2, 0.25) is 0 Å². The molecule has 2 heteroatoms. The summed E-state index contributed by atoms with van der Waals surface area (Å²) in [6, 6.07) is 16.2. The van der Waals surface area contributed by atoms with Gasteiger partial charge in [-0.3, -0.25) is 0 Å². The lowest BCUT2D eigenvalue weighted by molar-refractivity contribution is 0.965. The maximum atomic E-state index is 9.43. The van der Waals surface area contributed by atoms with Crippen molar-refractivity contribution >= 4 is 5.69 Å². The summed E-state index contributed by atoms with van der Waals surface area (Å²) in [4.78, 5) is 0. The Morgan fingerprint density at radius 3 is 2.05 bits per heavy atom. The maximum Gasteiger partial charge on any atom is 0.140 e. The highest BCUT2D eigenvalue weighted by molar-refractivity contribution is 5.51. The van der Waals surface area contributed by atoms with E-state index in [-0.39, 0.29) is 6.04 Å². The van der Waals surface area contributed by atoms with Crippen LogP contribution in [0.4, 0.5) is 5.69 Å². The standard InChI is InChI=1S/C17H18N2/c1-12-7-9-15(10-8-12)19-16(11-18)17-13(2)5-4-6-14(17)3/h4-10,16,19H,1-3H3. The molecule has 0 aliphatic rings. The molecular weight excluding hydrogens is 232 g/mol. The van der Waals surface area contributed by atoms with Gasteiger partial charge in [-0.25, -0.2) is 0 Å². The van der Waals surface area contributed by atoms with Gasteiger partial charge in [0.15, 0.2) is 0 Å². The number of rotatable bonds is 3. The molecule has 0 fully saturated rings. The van der Waals surface area contributed by atoms with Gasteiger partial charge in [0.25, 0.3) is 0 Å². The van der Waals surface area contributed by atoms with Crippen molar-refractivity contribution < 1.29 is 0 Å². The second-order valence-corrected chi connectivity index (χ2v) is 4.88. The summed E-state index contributed by atoms with van der Waals surface area (Å²) >= 11 is 0. The first-order valence-corrected chi connectivity index (χ1v) is 6.41. The smallest absolute Gasteiger partial charge is 0.140 e. The van der Waals surface area contributed by atoms with E-state index in [1.807, 2.05) is 56.3 Å². The quantitative estimate of drug-likeness (QED) is 0.882. The topological polar surface area (TPSA) is 35.8 Å². The Hall–Kier alpha value is -2.27. The van der Waals surface area contributed by atoms with Crippen LogP contribution in [0.2, 0.25) is 0 Å². The molecule has 2 aromatic rings. The summed E-state index contributed by atoms with van der Waals surface area (Å²) in [5.74, 6) is 0. The highest BCUT2D eigenvalue weighted by Gasteiger charge is 2.15. The predicted octanol–water partition coefficient (Wildman–Crippen LogP) is 4.29. The molecule has 0 amide bonds. The van der Waals surface area contributed by atoms with Crippen LogP contribution in [0.5, 0.6) is 0 Å². The van der Waals surface area contributed by atoms with Crippen molar-refractivity contribution in [2.45, 2.75) is 26.8 Å². The molecule has 0 aliphatic heterocycles. The number of hydrogen-bond donors (Lipinski definition) is 1. The van der Waals surface area contributed by atoms with Crippen molar-refractivity contribution in [3.8, 4) is 6.07 Å². The molecule has 0 aromatic heterocycles. The fourth-order valence-corrected chi connectivity index (χ4v) is 2.27. The summed E-state index contributed by atoms with van der Waals surface area (Å²) in [6.45, 7) is 6.14. The van der Waals surface area contributed by atoms with Crippen molar-refractivity contribution in [3.05, 3.63) is 64.7 Å². The molecule has 0 saturated heterocycles. The van der Waals surface area contributed by atoms with Gasteiger partial charge in [-0.05, 0) is 49.6 Å². The molecule has 96 valence electrons. The van der Waals surface area contributed by atoms with Crippen LogP contribution in [0, 0.1) is 32.1 Å². The van der Waals surface area contributed by atoms with E-state index in [2.05, 4.69) is 18.3 Å². The Balaban J connectivity index is 2.31. The first-order valence-electron chi connectivity index (χ1n) is 6.41. The minimum absolute atomic E-state index is 0.316. The fourth-order valence-electron chi connectivity index (χ4n) is 2.27. The van der Waals surface area contributed by atoms with Gasteiger partial charge in [0, 0.05) is 5.69 Å². The van der Waals surface area contributed by atoms with Crippen LogP contribution in [0.15, 0.2) is 42.5 Å². The van der Waals surface area contributed by atoms with Crippen LogP contribution in [-0.2, 0) is 0 Å². The van der Waals surface area contributed by atoms with E-state index < -0.39 is 0 Å². The first-order chi connectivity index (χ1) is 9.11. The summed E-state index contributed by atoms with van der Waals surface area (Å²) < 4.78 is 0. The molecule has 2 aromatic carbocycles. The fraction of sp³-hybridized carbons (Fsp3) is 0.235. The highest BCUT2D eigenvalue weighted by atomic mass is 14.9. The monoisotopic (exact) mass is 250 g/mol. The van der Waals surface area contributed by atoms with E-state index in [0.717, 1.165) is 22.4 Å². The lowest BCUT2D eigenvalue weighted by atomic mass is 9.96. The molecule has 0 radical (unpaired) electrons. The molecule has 1 N–H and O–H groups in total. The van der Waals surface area contributed by atoms with Gasteiger partial charge >= 0.3 is 0 Å². The van der Waals surface area contributed by atoms with Gasteiger partial charge in [-0.15, -0.1) is 0 Å². The van der Waals surface area contributed by atoms with Gasteiger partial charge in [-0.1, -0.05) is 35.9 Å². The van der Waals surface area contributed by atoms with E-state index in [1.54, 1.807) is 0 Å². The third-order valence-corrected chi connectivity index (χ3v) is 3.32. The summed E-state index contributed by atoms with van der Waals surface area (Å²) in [5, 5.41) is 12.7. The van der Waals surface area contributed by atoms with Crippen molar-refractivity contribution in [3.63, 3.8) is 0 Å². The van der Waals surface area contributed by atoms with Crippen LogP contribution in [0.1, 0.15) is 28.3 Å². The zero-order valence-electron chi connectivity index (χ0n) is 11.6. The summed E-state index contributed by atoms with van der Waals surface area (Å²) in [5.41, 5.74) is 5.55. The third-order valence-electron chi connectivity index (χ3n) is 3.32. The lowest BCUT2D eigenvalue weighted by Gasteiger charge is -2.18. The first kappa shape index (κ1) is 13.2.